The molecule has 2 aromatic carbocycles. The molecule has 0 radical (unpaired) electrons. The normalized spacial score (nSPS) is 10.8. The Morgan fingerprint density at radius 3 is 2.50 bits per heavy atom. The van der Waals surface area contributed by atoms with Gasteiger partial charge in [0.2, 0.25) is 0 Å². The summed E-state index contributed by atoms with van der Waals surface area (Å²) in [5, 5.41) is 13.2. The molecule has 0 fully saturated rings. The second kappa shape index (κ2) is 8.27. The maximum Gasteiger partial charge on any atom is 0.357 e. The number of anilines is 1. The molecule has 0 saturated heterocycles. The molecule has 0 aliphatic rings. The van der Waals surface area contributed by atoms with Crippen LogP contribution in [0.5, 0.6) is 0 Å². The number of aryl methyl sites for hydroxylation is 1. The Bertz CT molecular complexity index is 1090. The minimum Gasteiger partial charge on any atom is -0.357 e. The van der Waals surface area contributed by atoms with Crippen LogP contribution in [0, 0.1) is 10.1 Å². The van der Waals surface area contributed by atoms with Crippen LogP contribution in [0.3, 0.4) is 0 Å². The number of hydrogen-bond acceptors (Lipinski definition) is 4. The van der Waals surface area contributed by atoms with E-state index in [2.05, 4.69) is 6.58 Å². The molecule has 7 heteroatoms. The molecule has 0 unspecified atom stereocenters. The third-order valence-electron chi connectivity index (χ3n) is 4.57. The Labute approximate surface area is 167 Å². The van der Waals surface area contributed by atoms with Crippen LogP contribution in [0.15, 0.2) is 66.0 Å². The topological polar surface area (TPSA) is 68.4 Å². The number of aromatic nitrogens is 1. The van der Waals surface area contributed by atoms with E-state index in [1.54, 1.807) is 36.1 Å². The van der Waals surface area contributed by atoms with Crippen LogP contribution in [-0.2, 0) is 13.1 Å². The van der Waals surface area contributed by atoms with Crippen LogP contribution < -0.4 is 10.5 Å². The van der Waals surface area contributed by atoms with Gasteiger partial charge in [0.25, 0.3) is 0 Å². The van der Waals surface area contributed by atoms with Crippen molar-refractivity contribution in [2.45, 2.75) is 20.0 Å². The molecule has 0 N–H and O–H groups in total. The second-order valence-electron chi connectivity index (χ2n) is 6.32. The van der Waals surface area contributed by atoms with Crippen LogP contribution in [0.2, 0.25) is 5.02 Å². The third kappa shape index (κ3) is 3.64. The minimum atomic E-state index is -0.605. The molecule has 1 heterocycles. The van der Waals surface area contributed by atoms with Gasteiger partial charge in [0, 0.05) is 30.0 Å². The first kappa shape index (κ1) is 19.6. The van der Waals surface area contributed by atoms with Crippen LogP contribution in [0.4, 0.5) is 11.4 Å². The van der Waals surface area contributed by atoms with Crippen molar-refractivity contribution < 1.29 is 4.92 Å². The molecule has 0 saturated carbocycles. The molecular formula is C21H20ClN3O3. The van der Waals surface area contributed by atoms with Crippen LogP contribution in [-0.4, -0.2) is 16.0 Å². The molecule has 3 aromatic rings. The first-order chi connectivity index (χ1) is 13.5. The number of hydrogen-bond donors (Lipinski definition) is 0. The standard InChI is InChI=1S/C21H20ClN3O3/c1-3-13-23(14-15-9-11-16(22)12-10-15)19-17-7-5-6-8-18(17)24(4-2)21(26)20(19)25(27)28/h3,5-12H,1,4,13-14H2,2H3. The lowest BCUT2D eigenvalue weighted by Gasteiger charge is -2.25. The highest BCUT2D eigenvalue weighted by Gasteiger charge is 2.28. The summed E-state index contributed by atoms with van der Waals surface area (Å²) in [6.07, 6.45) is 1.67. The number of nitro groups is 1. The summed E-state index contributed by atoms with van der Waals surface area (Å²) in [5.74, 6) is 0. The van der Waals surface area contributed by atoms with Gasteiger partial charge in [-0.15, -0.1) is 6.58 Å². The van der Waals surface area contributed by atoms with E-state index in [0.717, 1.165) is 5.56 Å². The summed E-state index contributed by atoms with van der Waals surface area (Å²) in [7, 11) is 0. The van der Waals surface area contributed by atoms with E-state index in [0.29, 0.717) is 41.2 Å². The molecule has 0 amide bonds. The molecule has 144 valence electrons. The van der Waals surface area contributed by atoms with Crippen LogP contribution >= 0.6 is 11.6 Å². The van der Waals surface area contributed by atoms with Gasteiger partial charge in [-0.1, -0.05) is 48.0 Å². The number of benzene rings is 2. The lowest BCUT2D eigenvalue weighted by atomic mass is 10.1. The molecule has 1 aromatic heterocycles. The van der Waals surface area contributed by atoms with Crippen molar-refractivity contribution in [3.8, 4) is 0 Å². The highest BCUT2D eigenvalue weighted by Crippen LogP contribution is 2.34. The van der Waals surface area contributed by atoms with Gasteiger partial charge >= 0.3 is 11.2 Å². The largest absolute Gasteiger partial charge is 0.357 e. The summed E-state index contributed by atoms with van der Waals surface area (Å²) in [4.78, 5) is 26.0. The maximum atomic E-state index is 12.9. The Balaban J connectivity index is 2.29. The van der Waals surface area contributed by atoms with Gasteiger partial charge in [0.15, 0.2) is 0 Å². The van der Waals surface area contributed by atoms with Crippen molar-refractivity contribution in [1.29, 1.82) is 0 Å². The van der Waals surface area contributed by atoms with E-state index in [1.165, 1.54) is 4.57 Å². The van der Waals surface area contributed by atoms with E-state index in [-0.39, 0.29) is 0 Å². The van der Waals surface area contributed by atoms with E-state index in [9.17, 15) is 14.9 Å². The molecule has 28 heavy (non-hydrogen) atoms. The molecule has 0 aliphatic heterocycles. The molecule has 0 bridgehead atoms. The second-order valence-corrected chi connectivity index (χ2v) is 6.75. The van der Waals surface area contributed by atoms with Crippen molar-refractivity contribution >= 4 is 33.9 Å². The summed E-state index contributed by atoms with van der Waals surface area (Å²) < 4.78 is 1.44. The van der Waals surface area contributed by atoms with Crippen molar-refractivity contribution in [3.63, 3.8) is 0 Å². The minimum absolute atomic E-state index is 0.310. The van der Waals surface area contributed by atoms with Crippen molar-refractivity contribution in [3.05, 3.63) is 92.2 Å². The predicted octanol–water partition coefficient (Wildman–Crippen LogP) is 4.78. The Morgan fingerprint density at radius 1 is 1.21 bits per heavy atom. The third-order valence-corrected chi connectivity index (χ3v) is 4.83. The summed E-state index contributed by atoms with van der Waals surface area (Å²) in [6.45, 7) is 6.65. The monoisotopic (exact) mass is 397 g/mol. The number of fused-ring (bicyclic) bond motifs is 1. The first-order valence-electron chi connectivity index (χ1n) is 8.88. The van der Waals surface area contributed by atoms with Gasteiger partial charge < -0.3 is 9.47 Å². The molecule has 0 aliphatic carbocycles. The fraction of sp³-hybridized carbons (Fsp3) is 0.190. The molecule has 0 atom stereocenters. The molecular weight excluding hydrogens is 378 g/mol. The van der Waals surface area contributed by atoms with Gasteiger partial charge in [-0.3, -0.25) is 14.9 Å². The quantitative estimate of drug-likeness (QED) is 0.327. The highest BCUT2D eigenvalue weighted by molar-refractivity contribution is 6.30. The van der Waals surface area contributed by atoms with E-state index < -0.39 is 16.2 Å². The Morgan fingerprint density at radius 2 is 1.89 bits per heavy atom. The first-order valence-corrected chi connectivity index (χ1v) is 9.26. The molecule has 6 nitrogen and oxygen atoms in total. The summed E-state index contributed by atoms with van der Waals surface area (Å²) in [6, 6.07) is 14.5. The van der Waals surface area contributed by atoms with E-state index in [4.69, 9.17) is 11.6 Å². The summed E-state index contributed by atoms with van der Waals surface area (Å²) in [5.41, 5.74) is 0.873. The smallest absolute Gasteiger partial charge is 0.357 e. The summed E-state index contributed by atoms with van der Waals surface area (Å²) >= 11 is 5.96. The van der Waals surface area contributed by atoms with E-state index >= 15 is 0 Å². The van der Waals surface area contributed by atoms with Gasteiger partial charge in [0.05, 0.1) is 10.4 Å². The Kier molecular flexibility index (Phi) is 5.80. The zero-order valence-corrected chi connectivity index (χ0v) is 16.2. The molecule has 3 rings (SSSR count). The van der Waals surface area contributed by atoms with Gasteiger partial charge in [-0.25, -0.2) is 0 Å². The number of para-hydroxylation sites is 1. The van der Waals surface area contributed by atoms with E-state index in [1.807, 2.05) is 30.3 Å². The van der Waals surface area contributed by atoms with Crippen molar-refractivity contribution in [1.82, 2.24) is 4.57 Å². The number of pyridine rings is 1. The van der Waals surface area contributed by atoms with Crippen LogP contribution in [0.25, 0.3) is 10.9 Å². The number of halogens is 1. The van der Waals surface area contributed by atoms with Crippen LogP contribution in [0.1, 0.15) is 12.5 Å². The average Bonchev–Trinajstić information content (AvgIpc) is 2.68. The number of nitrogens with zero attached hydrogens (tertiary/aromatic N) is 3. The Hall–Kier alpha value is -3.12. The predicted molar refractivity (Wildman–Crippen MR) is 113 cm³/mol. The lowest BCUT2D eigenvalue weighted by Crippen LogP contribution is -2.30. The zero-order valence-electron chi connectivity index (χ0n) is 15.5. The van der Waals surface area contributed by atoms with Crippen molar-refractivity contribution in [2.24, 2.45) is 0 Å². The highest BCUT2D eigenvalue weighted by atomic mass is 35.5. The van der Waals surface area contributed by atoms with Crippen molar-refractivity contribution in [2.75, 3.05) is 11.4 Å². The fourth-order valence-electron chi connectivity index (χ4n) is 3.37. The maximum absolute atomic E-state index is 12.9. The molecule has 0 spiro atoms. The number of rotatable bonds is 7. The van der Waals surface area contributed by atoms with Gasteiger partial charge in [0.1, 0.15) is 5.69 Å². The SMILES string of the molecule is C=CCN(Cc1ccc(Cl)cc1)c1c([N+](=O)[O-])c(=O)n(CC)c2ccccc12. The van der Waals surface area contributed by atoms with Gasteiger partial charge in [-0.05, 0) is 30.7 Å². The van der Waals surface area contributed by atoms with Gasteiger partial charge in [-0.2, -0.15) is 0 Å². The lowest BCUT2D eigenvalue weighted by molar-refractivity contribution is -0.385. The zero-order chi connectivity index (χ0) is 20.3. The average molecular weight is 398 g/mol. The fourth-order valence-corrected chi connectivity index (χ4v) is 3.50.